The predicted molar refractivity (Wildman–Crippen MR) is 96.6 cm³/mol. The van der Waals surface area contributed by atoms with Gasteiger partial charge >= 0.3 is 0 Å². The molecule has 1 amide bonds. The summed E-state index contributed by atoms with van der Waals surface area (Å²) in [7, 11) is 0. The fourth-order valence-corrected chi connectivity index (χ4v) is 2.64. The van der Waals surface area contributed by atoms with E-state index in [4.69, 9.17) is 4.42 Å². The molecule has 2 heterocycles. The lowest BCUT2D eigenvalue weighted by molar-refractivity contribution is -0.129. The Bertz CT molecular complexity index is 798. The van der Waals surface area contributed by atoms with Crippen molar-refractivity contribution in [2.75, 3.05) is 13.2 Å². The Hall–Kier alpha value is -2.89. The second kappa shape index (κ2) is 8.47. The van der Waals surface area contributed by atoms with Crippen LogP contribution in [0.15, 0.2) is 64.3 Å². The fraction of sp³-hybridized carbons (Fsp3) is 0.300. The molecule has 0 unspecified atom stereocenters. The monoisotopic (exact) mass is 359 g/mol. The first-order valence-corrected chi connectivity index (χ1v) is 8.29. The first-order valence-electron chi connectivity index (χ1n) is 8.29. The predicted octanol–water partition coefficient (Wildman–Crippen LogP) is 3.71. The number of hydrogen-bond donors (Lipinski definition) is 1. The van der Waals surface area contributed by atoms with Crippen LogP contribution >= 0.6 is 0 Å². The number of rotatable bonds is 8. The van der Waals surface area contributed by atoms with E-state index in [2.05, 4.69) is 6.58 Å². The molecule has 1 aromatic heterocycles. The molecule has 0 aromatic carbocycles. The van der Waals surface area contributed by atoms with Gasteiger partial charge < -0.3 is 14.4 Å². The van der Waals surface area contributed by atoms with E-state index < -0.39 is 24.1 Å². The van der Waals surface area contributed by atoms with E-state index >= 15 is 0 Å². The third-order valence-corrected chi connectivity index (χ3v) is 3.99. The number of nitrogens with zero attached hydrogens (tertiary/aromatic N) is 1. The summed E-state index contributed by atoms with van der Waals surface area (Å²) in [6.45, 7) is 6.70. The number of amides is 1. The molecule has 1 N–H and O–H groups in total. The zero-order valence-electron chi connectivity index (χ0n) is 14.9. The van der Waals surface area contributed by atoms with Crippen molar-refractivity contribution < 1.29 is 23.5 Å². The second-order valence-corrected chi connectivity index (χ2v) is 6.16. The van der Waals surface area contributed by atoms with Gasteiger partial charge in [-0.3, -0.25) is 9.59 Å². The molecule has 0 bridgehead atoms. The Morgan fingerprint density at radius 3 is 2.77 bits per heavy atom. The Kier molecular flexibility index (Phi) is 6.33. The van der Waals surface area contributed by atoms with Crippen LogP contribution in [0.5, 0.6) is 0 Å². The highest BCUT2D eigenvalue weighted by atomic mass is 19.1. The van der Waals surface area contributed by atoms with Gasteiger partial charge in [0.2, 0.25) is 5.78 Å². The Labute approximate surface area is 151 Å². The van der Waals surface area contributed by atoms with Crippen LogP contribution in [0, 0.1) is 0 Å². The number of halogens is 1. The first kappa shape index (κ1) is 19.4. The molecule has 0 aliphatic carbocycles. The van der Waals surface area contributed by atoms with Crippen LogP contribution in [0.25, 0.3) is 0 Å². The van der Waals surface area contributed by atoms with Gasteiger partial charge in [0.15, 0.2) is 11.5 Å². The van der Waals surface area contributed by atoms with Crippen molar-refractivity contribution in [2.24, 2.45) is 0 Å². The molecule has 26 heavy (non-hydrogen) atoms. The molecule has 2 rings (SSSR count). The average Bonchev–Trinajstić information content (AvgIpc) is 3.18. The normalized spacial score (nSPS) is 15.6. The number of alkyl halides is 1. The molecule has 6 heteroatoms. The summed E-state index contributed by atoms with van der Waals surface area (Å²) >= 11 is 0. The Balaban J connectivity index is 2.18. The van der Waals surface area contributed by atoms with Crippen molar-refractivity contribution in [2.45, 2.75) is 26.3 Å². The molecule has 1 aliphatic rings. The second-order valence-electron chi connectivity index (χ2n) is 6.16. The van der Waals surface area contributed by atoms with Crippen molar-refractivity contribution in [3.8, 4) is 0 Å². The maximum absolute atomic E-state index is 12.6. The Morgan fingerprint density at radius 2 is 2.19 bits per heavy atom. The van der Waals surface area contributed by atoms with Crippen molar-refractivity contribution in [3.05, 3.63) is 71.4 Å². The molecular weight excluding hydrogens is 337 g/mol. The lowest BCUT2D eigenvalue weighted by Gasteiger charge is -2.20. The number of hydrogen-bond acceptors (Lipinski definition) is 4. The van der Waals surface area contributed by atoms with Gasteiger partial charge in [0, 0.05) is 12.5 Å². The van der Waals surface area contributed by atoms with Crippen LogP contribution in [-0.4, -0.2) is 41.0 Å². The third kappa shape index (κ3) is 4.20. The lowest BCUT2D eigenvalue weighted by Crippen LogP contribution is -2.34. The van der Waals surface area contributed by atoms with Crippen LogP contribution < -0.4 is 0 Å². The van der Waals surface area contributed by atoms with Gasteiger partial charge in [0.05, 0.1) is 12.1 Å². The van der Waals surface area contributed by atoms with E-state index in [0.29, 0.717) is 12.2 Å². The van der Waals surface area contributed by atoms with Crippen LogP contribution in [0.1, 0.15) is 30.2 Å². The minimum Gasteiger partial charge on any atom is -0.503 e. The molecule has 0 atom stereocenters. The van der Waals surface area contributed by atoms with Gasteiger partial charge in [-0.2, -0.15) is 0 Å². The molecule has 0 fully saturated rings. The number of carbonyl (C=O) groups is 2. The quantitative estimate of drug-likeness (QED) is 0.567. The fourth-order valence-electron chi connectivity index (χ4n) is 2.64. The largest absolute Gasteiger partial charge is 0.503 e. The number of aliphatic hydroxyl groups excluding tert-OH is 1. The standard InChI is InChI=1S/C20H22FNO4/c1-4-6-14(7-5-10-21)11-15-8-9-17(26-15)18(23)16-12-22(13(2)3)20(25)19(16)24/h4-9,13,24H,1,10-12H2,2-3H3/b7-5-,14-6+. The summed E-state index contributed by atoms with van der Waals surface area (Å²) in [5.41, 5.74) is 0.805. The van der Waals surface area contributed by atoms with Crippen LogP contribution in [0.2, 0.25) is 0 Å². The van der Waals surface area contributed by atoms with E-state index in [-0.39, 0.29) is 23.9 Å². The van der Waals surface area contributed by atoms with Gasteiger partial charge in [0.1, 0.15) is 12.4 Å². The topological polar surface area (TPSA) is 70.8 Å². The van der Waals surface area contributed by atoms with Crippen molar-refractivity contribution in [3.63, 3.8) is 0 Å². The molecule has 5 nitrogen and oxygen atoms in total. The highest BCUT2D eigenvalue weighted by Crippen LogP contribution is 2.24. The summed E-state index contributed by atoms with van der Waals surface area (Å²) in [5, 5.41) is 9.99. The number of aliphatic hydroxyl groups is 1. The zero-order valence-corrected chi connectivity index (χ0v) is 14.9. The maximum Gasteiger partial charge on any atom is 0.289 e. The van der Waals surface area contributed by atoms with E-state index in [1.54, 1.807) is 24.3 Å². The molecule has 0 saturated heterocycles. The highest BCUT2D eigenvalue weighted by molar-refractivity contribution is 6.14. The van der Waals surface area contributed by atoms with E-state index in [0.717, 1.165) is 5.57 Å². The van der Waals surface area contributed by atoms with E-state index in [9.17, 15) is 19.1 Å². The third-order valence-electron chi connectivity index (χ3n) is 3.99. The maximum atomic E-state index is 12.6. The van der Waals surface area contributed by atoms with Gasteiger partial charge in [0.25, 0.3) is 5.91 Å². The minimum atomic E-state index is -0.579. The molecule has 0 radical (unpaired) electrons. The van der Waals surface area contributed by atoms with Crippen molar-refractivity contribution >= 4 is 11.7 Å². The summed E-state index contributed by atoms with van der Waals surface area (Å²) in [6, 6.07) is 3.02. The number of allylic oxidation sites excluding steroid dienone is 5. The Morgan fingerprint density at radius 1 is 1.46 bits per heavy atom. The number of ketones is 1. The van der Waals surface area contributed by atoms with Crippen LogP contribution in [-0.2, 0) is 11.2 Å². The molecule has 1 aliphatic heterocycles. The van der Waals surface area contributed by atoms with Gasteiger partial charge in [-0.1, -0.05) is 30.9 Å². The van der Waals surface area contributed by atoms with E-state index in [1.807, 2.05) is 13.8 Å². The van der Waals surface area contributed by atoms with Crippen molar-refractivity contribution in [1.29, 1.82) is 0 Å². The molecule has 0 saturated carbocycles. The highest BCUT2D eigenvalue weighted by Gasteiger charge is 2.36. The van der Waals surface area contributed by atoms with Gasteiger partial charge in [-0.15, -0.1) is 0 Å². The van der Waals surface area contributed by atoms with Crippen molar-refractivity contribution in [1.82, 2.24) is 4.90 Å². The number of carbonyl (C=O) groups excluding carboxylic acids is 2. The minimum absolute atomic E-state index is 0.0313. The van der Waals surface area contributed by atoms with Crippen LogP contribution in [0.3, 0.4) is 0 Å². The summed E-state index contributed by atoms with van der Waals surface area (Å²) in [4.78, 5) is 26.0. The number of Topliss-reactive ketones (excluding diaryl/α,β-unsaturated/α-hetero) is 1. The van der Waals surface area contributed by atoms with Gasteiger partial charge in [-0.05, 0) is 31.6 Å². The zero-order chi connectivity index (χ0) is 19.3. The van der Waals surface area contributed by atoms with E-state index in [1.165, 1.54) is 17.0 Å². The molecule has 1 aromatic rings. The number of furan rings is 1. The summed E-state index contributed by atoms with van der Waals surface area (Å²) in [6.07, 6.45) is 6.66. The molecule has 138 valence electrons. The average molecular weight is 359 g/mol. The summed E-state index contributed by atoms with van der Waals surface area (Å²) < 4.78 is 17.9. The smallest absolute Gasteiger partial charge is 0.289 e. The molecular formula is C20H22FNO4. The van der Waals surface area contributed by atoms with Gasteiger partial charge in [-0.25, -0.2) is 4.39 Å². The summed E-state index contributed by atoms with van der Waals surface area (Å²) in [5.74, 6) is -1.04. The SMILES string of the molecule is C=C/C=C(\C=C/CF)Cc1ccc(C(=O)C2=C(O)C(=O)N(C(C)C)C2)o1. The first-order chi connectivity index (χ1) is 12.4. The van der Waals surface area contributed by atoms with Crippen LogP contribution in [0.4, 0.5) is 4.39 Å². The lowest BCUT2D eigenvalue weighted by atomic mass is 10.1. The molecule has 0 spiro atoms.